The van der Waals surface area contributed by atoms with E-state index in [1.807, 2.05) is 39.0 Å². The van der Waals surface area contributed by atoms with Crippen molar-refractivity contribution in [3.8, 4) is 0 Å². The first kappa shape index (κ1) is 17.4. The fourth-order valence-corrected chi connectivity index (χ4v) is 3.27. The van der Waals surface area contributed by atoms with E-state index in [1.54, 1.807) is 6.07 Å². The molecule has 3 rings (SSSR count). The van der Waals surface area contributed by atoms with Crippen LogP contribution in [0.15, 0.2) is 24.3 Å². The van der Waals surface area contributed by atoms with Crippen molar-refractivity contribution in [3.05, 3.63) is 46.8 Å². The smallest absolute Gasteiger partial charge is 0.274 e. The van der Waals surface area contributed by atoms with Crippen molar-refractivity contribution in [3.63, 3.8) is 0 Å². The van der Waals surface area contributed by atoms with Gasteiger partial charge in [-0.3, -0.25) is 4.79 Å². The summed E-state index contributed by atoms with van der Waals surface area (Å²) >= 11 is 0. The van der Waals surface area contributed by atoms with Gasteiger partial charge in [-0.15, -0.1) is 0 Å². The fraction of sp³-hybridized carbons (Fsp3) is 0.450. The predicted octanol–water partition coefficient (Wildman–Crippen LogP) is 4.03. The van der Waals surface area contributed by atoms with Crippen LogP contribution in [-0.4, -0.2) is 29.0 Å². The molecule has 1 amide bonds. The summed E-state index contributed by atoms with van der Waals surface area (Å²) in [6, 6.07) is 7.74. The van der Waals surface area contributed by atoms with Crippen LogP contribution in [0, 0.1) is 20.8 Å². The van der Waals surface area contributed by atoms with Crippen molar-refractivity contribution in [2.45, 2.75) is 46.5 Å². The summed E-state index contributed by atoms with van der Waals surface area (Å²) in [6.45, 7) is 7.83. The van der Waals surface area contributed by atoms with E-state index < -0.39 is 0 Å². The average Bonchev–Trinajstić information content (AvgIpc) is 2.87. The molecule has 1 N–H and O–H groups in total. The molecule has 132 valence electrons. The number of aromatic nitrogens is 2. The summed E-state index contributed by atoms with van der Waals surface area (Å²) in [5.74, 6) is 0.493. The van der Waals surface area contributed by atoms with Crippen molar-refractivity contribution < 1.29 is 4.79 Å². The van der Waals surface area contributed by atoms with Gasteiger partial charge in [-0.25, -0.2) is 9.97 Å². The molecule has 0 spiro atoms. The Hall–Kier alpha value is -2.43. The highest BCUT2D eigenvalue weighted by atomic mass is 16.1. The van der Waals surface area contributed by atoms with Crippen LogP contribution in [0.3, 0.4) is 0 Å². The molecule has 0 saturated carbocycles. The first-order valence-corrected chi connectivity index (χ1v) is 9.03. The minimum absolute atomic E-state index is 0.182. The Morgan fingerprint density at radius 2 is 1.64 bits per heavy atom. The van der Waals surface area contributed by atoms with Crippen LogP contribution >= 0.6 is 0 Å². The topological polar surface area (TPSA) is 58.1 Å². The van der Waals surface area contributed by atoms with Crippen molar-refractivity contribution >= 4 is 17.5 Å². The molecule has 0 unspecified atom stereocenters. The Kier molecular flexibility index (Phi) is 5.31. The standard InChI is InChI=1S/C20H26N4O/c1-14-9-8-10-15(2)18(14)23-19(25)17-13-16(3)21-20(22-17)24-11-6-4-5-7-12-24/h8-10,13H,4-7,11-12H2,1-3H3,(H,23,25). The number of amides is 1. The molecule has 0 aliphatic carbocycles. The molecular formula is C20H26N4O. The van der Waals surface area contributed by atoms with Gasteiger partial charge in [0, 0.05) is 24.5 Å². The Morgan fingerprint density at radius 3 is 2.28 bits per heavy atom. The van der Waals surface area contributed by atoms with Crippen molar-refractivity contribution in [1.29, 1.82) is 0 Å². The minimum Gasteiger partial charge on any atom is -0.341 e. The number of aryl methyl sites for hydroxylation is 3. The van der Waals surface area contributed by atoms with E-state index in [4.69, 9.17) is 0 Å². The van der Waals surface area contributed by atoms with E-state index >= 15 is 0 Å². The van der Waals surface area contributed by atoms with E-state index in [0.29, 0.717) is 11.6 Å². The molecule has 1 aromatic heterocycles. The molecule has 2 aromatic rings. The van der Waals surface area contributed by atoms with Crippen molar-refractivity contribution in [1.82, 2.24) is 9.97 Å². The first-order valence-electron chi connectivity index (χ1n) is 9.03. The van der Waals surface area contributed by atoms with E-state index in [0.717, 1.165) is 48.4 Å². The lowest BCUT2D eigenvalue weighted by Crippen LogP contribution is -2.27. The second-order valence-corrected chi connectivity index (χ2v) is 6.82. The van der Waals surface area contributed by atoms with Crippen molar-refractivity contribution in [2.75, 3.05) is 23.3 Å². The molecule has 1 saturated heterocycles. The average molecular weight is 338 g/mol. The van der Waals surface area contributed by atoms with Gasteiger partial charge in [0.15, 0.2) is 0 Å². The van der Waals surface area contributed by atoms with E-state index in [1.165, 1.54) is 12.8 Å². The second-order valence-electron chi connectivity index (χ2n) is 6.82. The normalized spacial score (nSPS) is 14.9. The zero-order valence-electron chi connectivity index (χ0n) is 15.3. The molecule has 25 heavy (non-hydrogen) atoms. The van der Waals surface area contributed by atoms with E-state index in [2.05, 4.69) is 20.2 Å². The van der Waals surface area contributed by atoms with Gasteiger partial charge in [-0.2, -0.15) is 0 Å². The molecular weight excluding hydrogens is 312 g/mol. The quantitative estimate of drug-likeness (QED) is 0.918. The third-order valence-corrected chi connectivity index (χ3v) is 4.68. The summed E-state index contributed by atoms with van der Waals surface area (Å²) in [6.07, 6.45) is 4.81. The summed E-state index contributed by atoms with van der Waals surface area (Å²) < 4.78 is 0. The zero-order valence-corrected chi connectivity index (χ0v) is 15.3. The van der Waals surface area contributed by atoms with E-state index in [9.17, 15) is 4.79 Å². The Balaban J connectivity index is 1.85. The van der Waals surface area contributed by atoms with Crippen LogP contribution in [0.1, 0.15) is 53.0 Å². The SMILES string of the molecule is Cc1cc(C(=O)Nc2c(C)cccc2C)nc(N2CCCCCC2)n1. The third-order valence-electron chi connectivity index (χ3n) is 4.68. The molecule has 1 aromatic carbocycles. The number of hydrogen-bond acceptors (Lipinski definition) is 4. The summed E-state index contributed by atoms with van der Waals surface area (Å²) in [5, 5.41) is 3.02. The monoisotopic (exact) mass is 338 g/mol. The fourth-order valence-electron chi connectivity index (χ4n) is 3.27. The van der Waals surface area contributed by atoms with E-state index in [-0.39, 0.29) is 5.91 Å². The van der Waals surface area contributed by atoms with Crippen LogP contribution in [-0.2, 0) is 0 Å². The number of hydrogen-bond donors (Lipinski definition) is 1. The molecule has 1 aliphatic heterocycles. The molecule has 0 atom stereocenters. The number of benzene rings is 1. The highest BCUT2D eigenvalue weighted by molar-refractivity contribution is 6.03. The number of nitrogens with zero attached hydrogens (tertiary/aromatic N) is 3. The van der Waals surface area contributed by atoms with Crippen molar-refractivity contribution in [2.24, 2.45) is 0 Å². The van der Waals surface area contributed by atoms with Crippen LogP contribution in [0.25, 0.3) is 0 Å². The van der Waals surface area contributed by atoms with Crippen LogP contribution in [0.2, 0.25) is 0 Å². The Morgan fingerprint density at radius 1 is 1.00 bits per heavy atom. The molecule has 1 aliphatic rings. The lowest BCUT2D eigenvalue weighted by molar-refractivity contribution is 0.102. The van der Waals surface area contributed by atoms with Gasteiger partial charge >= 0.3 is 0 Å². The molecule has 0 bridgehead atoms. The highest BCUT2D eigenvalue weighted by Crippen LogP contribution is 2.21. The maximum Gasteiger partial charge on any atom is 0.274 e. The van der Waals surface area contributed by atoms with Gasteiger partial charge < -0.3 is 10.2 Å². The predicted molar refractivity (Wildman–Crippen MR) is 101 cm³/mol. The van der Waals surface area contributed by atoms with Gasteiger partial charge in [-0.05, 0) is 50.8 Å². The van der Waals surface area contributed by atoms with Gasteiger partial charge in [0.05, 0.1) is 0 Å². The number of rotatable bonds is 3. The molecule has 5 nitrogen and oxygen atoms in total. The minimum atomic E-state index is -0.182. The maximum atomic E-state index is 12.8. The largest absolute Gasteiger partial charge is 0.341 e. The van der Waals surface area contributed by atoms with Crippen LogP contribution < -0.4 is 10.2 Å². The maximum absolute atomic E-state index is 12.8. The Bertz CT molecular complexity index is 744. The molecule has 1 fully saturated rings. The van der Waals surface area contributed by atoms with Gasteiger partial charge in [0.1, 0.15) is 5.69 Å². The van der Waals surface area contributed by atoms with Crippen LogP contribution in [0.4, 0.5) is 11.6 Å². The van der Waals surface area contributed by atoms with Gasteiger partial charge in [-0.1, -0.05) is 31.0 Å². The van der Waals surface area contributed by atoms with Gasteiger partial charge in [0.25, 0.3) is 5.91 Å². The first-order chi connectivity index (χ1) is 12.0. The number of anilines is 2. The van der Waals surface area contributed by atoms with Crippen LogP contribution in [0.5, 0.6) is 0 Å². The lowest BCUT2D eigenvalue weighted by atomic mass is 10.1. The molecule has 0 radical (unpaired) electrons. The molecule has 2 heterocycles. The zero-order chi connectivity index (χ0) is 17.8. The number of para-hydroxylation sites is 1. The second kappa shape index (κ2) is 7.64. The summed E-state index contributed by atoms with van der Waals surface area (Å²) in [5.41, 5.74) is 4.20. The highest BCUT2D eigenvalue weighted by Gasteiger charge is 2.17. The summed E-state index contributed by atoms with van der Waals surface area (Å²) in [4.78, 5) is 24.1. The third kappa shape index (κ3) is 4.16. The molecule has 5 heteroatoms. The number of carbonyl (C=O) groups is 1. The summed E-state index contributed by atoms with van der Waals surface area (Å²) in [7, 11) is 0. The van der Waals surface area contributed by atoms with Gasteiger partial charge in [0.2, 0.25) is 5.95 Å². The lowest BCUT2D eigenvalue weighted by Gasteiger charge is -2.21. The Labute approximate surface area is 149 Å². The number of nitrogens with one attached hydrogen (secondary N) is 1. The number of carbonyl (C=O) groups excluding carboxylic acids is 1.